The van der Waals surface area contributed by atoms with Crippen LogP contribution in [0.2, 0.25) is 0 Å². The maximum atomic E-state index is 12.4. The Kier molecular flexibility index (Phi) is 8.86. The van der Waals surface area contributed by atoms with Crippen molar-refractivity contribution in [3.8, 4) is 0 Å². The zero-order valence-corrected chi connectivity index (χ0v) is 16.5. The van der Waals surface area contributed by atoms with Gasteiger partial charge in [0, 0.05) is 25.7 Å². The van der Waals surface area contributed by atoms with E-state index >= 15 is 0 Å². The van der Waals surface area contributed by atoms with Crippen LogP contribution in [0.3, 0.4) is 0 Å². The van der Waals surface area contributed by atoms with E-state index in [1.165, 1.54) is 10.4 Å². The predicted molar refractivity (Wildman–Crippen MR) is 103 cm³/mol. The van der Waals surface area contributed by atoms with Crippen LogP contribution in [0.4, 0.5) is 0 Å². The summed E-state index contributed by atoms with van der Waals surface area (Å²) >= 11 is 0. The van der Waals surface area contributed by atoms with Gasteiger partial charge in [0.25, 0.3) is 0 Å². The molecule has 0 aliphatic heterocycles. The molecular weight excluding hydrogens is 336 g/mol. The number of nitrogens with one attached hydrogen (secondary N) is 1. The molecule has 0 fully saturated rings. The van der Waals surface area contributed by atoms with Crippen molar-refractivity contribution < 1.29 is 13.2 Å². The molecule has 0 aliphatic carbocycles. The van der Waals surface area contributed by atoms with E-state index in [9.17, 15) is 13.2 Å². The first-order valence-corrected chi connectivity index (χ1v) is 10.4. The summed E-state index contributed by atoms with van der Waals surface area (Å²) in [6, 6.07) is 6.58. The molecule has 6 heteroatoms. The summed E-state index contributed by atoms with van der Waals surface area (Å²) in [5.41, 5.74) is 0.788. The third kappa shape index (κ3) is 6.29. The predicted octanol–water partition coefficient (Wildman–Crippen LogP) is 3.28. The van der Waals surface area contributed by atoms with Crippen LogP contribution in [0.1, 0.15) is 46.1 Å². The van der Waals surface area contributed by atoms with Crippen molar-refractivity contribution in [1.82, 2.24) is 9.62 Å². The first-order chi connectivity index (χ1) is 11.9. The fourth-order valence-electron chi connectivity index (χ4n) is 2.52. The van der Waals surface area contributed by atoms with Crippen LogP contribution in [-0.4, -0.2) is 38.3 Å². The lowest BCUT2D eigenvalue weighted by Gasteiger charge is -2.18. The fourth-order valence-corrected chi connectivity index (χ4v) is 3.97. The molecular formula is C19H30N2O3S. The van der Waals surface area contributed by atoms with E-state index in [0.717, 1.165) is 18.4 Å². The number of rotatable bonds is 10. The average molecular weight is 367 g/mol. The Morgan fingerprint density at radius 3 is 2.12 bits per heavy atom. The van der Waals surface area contributed by atoms with E-state index in [1.807, 2.05) is 13.8 Å². The Bertz CT molecular complexity index is 658. The van der Waals surface area contributed by atoms with Gasteiger partial charge in [-0.25, -0.2) is 8.42 Å². The minimum atomic E-state index is -3.44. The van der Waals surface area contributed by atoms with Gasteiger partial charge in [0.2, 0.25) is 15.9 Å². The molecule has 5 nitrogen and oxygen atoms in total. The molecule has 0 radical (unpaired) electrons. The summed E-state index contributed by atoms with van der Waals surface area (Å²) in [4.78, 5) is 12.1. The highest BCUT2D eigenvalue weighted by Crippen LogP contribution is 2.16. The Balaban J connectivity index is 2.72. The molecule has 1 rings (SSSR count). The lowest BCUT2D eigenvalue weighted by molar-refractivity contribution is -0.116. The number of sulfonamides is 1. The summed E-state index contributed by atoms with van der Waals surface area (Å²) < 4.78 is 26.3. The van der Waals surface area contributed by atoms with Crippen LogP contribution in [0.15, 0.2) is 35.2 Å². The van der Waals surface area contributed by atoms with E-state index in [4.69, 9.17) is 0 Å². The highest BCUT2D eigenvalue weighted by molar-refractivity contribution is 7.89. The molecule has 0 aromatic heterocycles. The topological polar surface area (TPSA) is 66.5 Å². The Morgan fingerprint density at radius 1 is 1.08 bits per heavy atom. The molecule has 1 aromatic carbocycles. The molecule has 0 aliphatic rings. The molecule has 0 bridgehead atoms. The number of hydrogen-bond acceptors (Lipinski definition) is 3. The van der Waals surface area contributed by atoms with Gasteiger partial charge in [-0.1, -0.05) is 52.7 Å². The third-order valence-corrected chi connectivity index (χ3v) is 6.43. The van der Waals surface area contributed by atoms with Crippen molar-refractivity contribution in [3.05, 3.63) is 35.9 Å². The molecule has 0 saturated heterocycles. The molecule has 0 saturated carbocycles. The Hall–Kier alpha value is -1.66. The highest BCUT2D eigenvalue weighted by Gasteiger charge is 2.20. The summed E-state index contributed by atoms with van der Waals surface area (Å²) in [6.45, 7) is 9.43. The van der Waals surface area contributed by atoms with Crippen LogP contribution in [0.5, 0.6) is 0 Å². The zero-order chi connectivity index (χ0) is 18.9. The van der Waals surface area contributed by atoms with E-state index in [-0.39, 0.29) is 10.8 Å². The van der Waals surface area contributed by atoms with Crippen LogP contribution in [0, 0.1) is 5.92 Å². The number of carbonyl (C=O) groups is 1. The number of hydrogen-bond donors (Lipinski definition) is 1. The quantitative estimate of drug-likeness (QED) is 0.646. The summed E-state index contributed by atoms with van der Waals surface area (Å²) in [5.74, 6) is 0.369. The molecule has 25 heavy (non-hydrogen) atoms. The minimum absolute atomic E-state index is 0.133. The smallest absolute Gasteiger partial charge is 0.244 e. The van der Waals surface area contributed by atoms with Gasteiger partial charge in [-0.3, -0.25) is 4.79 Å². The molecule has 140 valence electrons. The van der Waals surface area contributed by atoms with Gasteiger partial charge in [-0.05, 0) is 29.7 Å². The normalized spacial score (nSPS) is 12.2. The van der Waals surface area contributed by atoms with E-state index in [0.29, 0.717) is 25.6 Å². The molecule has 1 N–H and O–H groups in total. The van der Waals surface area contributed by atoms with Gasteiger partial charge in [-0.2, -0.15) is 4.31 Å². The molecule has 0 atom stereocenters. The first kappa shape index (κ1) is 21.4. The average Bonchev–Trinajstić information content (AvgIpc) is 2.62. The van der Waals surface area contributed by atoms with Gasteiger partial charge in [0.15, 0.2) is 0 Å². The van der Waals surface area contributed by atoms with Gasteiger partial charge in [-0.15, -0.1) is 0 Å². The van der Waals surface area contributed by atoms with Crippen molar-refractivity contribution in [1.29, 1.82) is 0 Å². The molecule has 0 unspecified atom stereocenters. The zero-order valence-electron chi connectivity index (χ0n) is 15.7. The lowest BCUT2D eigenvalue weighted by atomic mass is 10.0. The van der Waals surface area contributed by atoms with Crippen LogP contribution in [-0.2, 0) is 14.8 Å². The van der Waals surface area contributed by atoms with Gasteiger partial charge in [0.1, 0.15) is 0 Å². The second-order valence-corrected chi connectivity index (χ2v) is 7.86. The van der Waals surface area contributed by atoms with Crippen molar-refractivity contribution in [3.63, 3.8) is 0 Å². The lowest BCUT2D eigenvalue weighted by Crippen LogP contribution is -2.30. The minimum Gasteiger partial charge on any atom is -0.352 e. The van der Waals surface area contributed by atoms with Crippen LogP contribution < -0.4 is 5.32 Å². The van der Waals surface area contributed by atoms with Gasteiger partial charge >= 0.3 is 0 Å². The monoisotopic (exact) mass is 366 g/mol. The molecule has 1 amide bonds. The van der Waals surface area contributed by atoms with Crippen molar-refractivity contribution in [2.45, 2.75) is 45.4 Å². The largest absolute Gasteiger partial charge is 0.352 e. The second-order valence-electron chi connectivity index (χ2n) is 5.92. The summed E-state index contributed by atoms with van der Waals surface area (Å²) in [6.07, 6.45) is 5.26. The standard InChI is InChI=1S/C19H30N2O3S/c1-5-16(6-2)15-20-19(22)14-11-17-9-12-18(13-10-17)25(23,24)21(7-3)8-4/h9-14,16H,5-8,15H2,1-4H3,(H,20,22). The number of amides is 1. The first-order valence-electron chi connectivity index (χ1n) is 8.95. The number of nitrogens with zero attached hydrogens (tertiary/aromatic N) is 1. The number of benzene rings is 1. The van der Waals surface area contributed by atoms with Crippen molar-refractivity contribution >= 4 is 22.0 Å². The van der Waals surface area contributed by atoms with Crippen LogP contribution in [0.25, 0.3) is 6.08 Å². The van der Waals surface area contributed by atoms with Gasteiger partial charge < -0.3 is 5.32 Å². The summed E-state index contributed by atoms with van der Waals surface area (Å²) in [5, 5.41) is 2.89. The van der Waals surface area contributed by atoms with Crippen LogP contribution >= 0.6 is 0 Å². The maximum Gasteiger partial charge on any atom is 0.244 e. The molecule has 1 aromatic rings. The SMILES string of the molecule is CCC(CC)CNC(=O)C=Cc1ccc(S(=O)(=O)N(CC)CC)cc1. The fraction of sp³-hybridized carbons (Fsp3) is 0.526. The number of carbonyl (C=O) groups excluding carboxylic acids is 1. The maximum absolute atomic E-state index is 12.4. The van der Waals surface area contributed by atoms with E-state index in [1.54, 1.807) is 30.3 Å². The molecule has 0 spiro atoms. The van der Waals surface area contributed by atoms with E-state index in [2.05, 4.69) is 19.2 Å². The Morgan fingerprint density at radius 2 is 1.64 bits per heavy atom. The van der Waals surface area contributed by atoms with Gasteiger partial charge in [0.05, 0.1) is 4.90 Å². The highest BCUT2D eigenvalue weighted by atomic mass is 32.2. The van der Waals surface area contributed by atoms with Crippen molar-refractivity contribution in [2.75, 3.05) is 19.6 Å². The molecule has 0 heterocycles. The van der Waals surface area contributed by atoms with E-state index < -0.39 is 10.0 Å². The third-order valence-electron chi connectivity index (χ3n) is 4.37. The van der Waals surface area contributed by atoms with Crippen molar-refractivity contribution in [2.24, 2.45) is 5.92 Å². The second kappa shape index (κ2) is 10.4. The summed E-state index contributed by atoms with van der Waals surface area (Å²) in [7, 11) is -3.44. The Labute approximate surface area is 152 Å².